The molecule has 31 heavy (non-hydrogen) atoms. The second-order valence-electron chi connectivity index (χ2n) is 7.26. The van der Waals surface area contributed by atoms with E-state index in [1.54, 1.807) is 36.4 Å². The molecule has 3 aromatic carbocycles. The number of hydrogen-bond donors (Lipinski definition) is 1. The fourth-order valence-electron chi connectivity index (χ4n) is 3.18. The van der Waals surface area contributed by atoms with Crippen molar-refractivity contribution in [2.75, 3.05) is 12.4 Å². The lowest BCUT2D eigenvalue weighted by molar-refractivity contribution is -0.112. The fourth-order valence-corrected chi connectivity index (χ4v) is 3.18. The lowest BCUT2D eigenvalue weighted by Gasteiger charge is -2.11. The normalized spacial score (nSPS) is 11.0. The molecule has 0 aliphatic heterocycles. The average molecular weight is 414 g/mol. The van der Waals surface area contributed by atoms with Crippen molar-refractivity contribution >= 4 is 17.7 Å². The Kier molecular flexibility index (Phi) is 6.84. The Bertz CT molecular complexity index is 1190. The van der Waals surface area contributed by atoms with Gasteiger partial charge in [0.1, 0.15) is 23.2 Å². The predicted octanol–water partition coefficient (Wildman–Crippen LogP) is 5.59. The number of benzene rings is 3. The van der Waals surface area contributed by atoms with Gasteiger partial charge in [-0.05, 0) is 72.0 Å². The number of anilines is 1. The summed E-state index contributed by atoms with van der Waals surface area (Å²) in [5.41, 5.74) is 4.79. The molecule has 0 saturated carbocycles. The van der Waals surface area contributed by atoms with E-state index in [1.165, 1.54) is 19.3 Å². The van der Waals surface area contributed by atoms with Gasteiger partial charge in [-0.15, -0.1) is 0 Å². The van der Waals surface area contributed by atoms with Gasteiger partial charge < -0.3 is 10.1 Å². The highest BCUT2D eigenvalue weighted by atomic mass is 19.1. The van der Waals surface area contributed by atoms with Gasteiger partial charge in [0.2, 0.25) is 0 Å². The molecule has 0 bridgehead atoms. The first-order valence-electron chi connectivity index (χ1n) is 9.82. The van der Waals surface area contributed by atoms with E-state index in [4.69, 9.17) is 4.74 Å². The Morgan fingerprint density at radius 1 is 1.06 bits per heavy atom. The minimum atomic E-state index is -0.486. The number of aryl methyl sites for hydroxylation is 2. The van der Waals surface area contributed by atoms with Crippen molar-refractivity contribution in [3.8, 4) is 11.8 Å². The Labute approximate surface area is 181 Å². The van der Waals surface area contributed by atoms with Gasteiger partial charge in [0.15, 0.2) is 0 Å². The summed E-state index contributed by atoms with van der Waals surface area (Å²) in [6.45, 7) is 3.95. The van der Waals surface area contributed by atoms with Crippen LogP contribution in [0.4, 0.5) is 10.1 Å². The van der Waals surface area contributed by atoms with Gasteiger partial charge in [-0.25, -0.2) is 4.39 Å². The number of rotatable bonds is 6. The van der Waals surface area contributed by atoms with Gasteiger partial charge in [-0.2, -0.15) is 5.26 Å². The molecule has 4 nitrogen and oxygen atoms in total. The molecule has 3 rings (SSSR count). The first kappa shape index (κ1) is 21.8. The molecule has 0 heterocycles. The molecule has 3 aromatic rings. The summed E-state index contributed by atoms with van der Waals surface area (Å²) in [4.78, 5) is 12.6. The summed E-state index contributed by atoms with van der Waals surface area (Å²) < 4.78 is 19.5. The number of nitriles is 1. The Balaban J connectivity index is 1.83. The van der Waals surface area contributed by atoms with Crippen LogP contribution < -0.4 is 10.1 Å². The second kappa shape index (κ2) is 9.73. The van der Waals surface area contributed by atoms with Gasteiger partial charge in [0.25, 0.3) is 5.91 Å². The second-order valence-corrected chi connectivity index (χ2v) is 7.26. The van der Waals surface area contributed by atoms with E-state index in [0.29, 0.717) is 29.0 Å². The van der Waals surface area contributed by atoms with E-state index in [-0.39, 0.29) is 11.4 Å². The molecule has 0 unspecified atom stereocenters. The lowest BCUT2D eigenvalue weighted by atomic mass is 10.0. The third-order valence-electron chi connectivity index (χ3n) is 5.09. The van der Waals surface area contributed by atoms with Crippen molar-refractivity contribution in [2.45, 2.75) is 20.3 Å². The number of ether oxygens (including phenoxy) is 1. The molecule has 0 aliphatic rings. The molecule has 0 spiro atoms. The molecular formula is C26H23FN2O2. The summed E-state index contributed by atoms with van der Waals surface area (Å²) in [7, 11) is 1.53. The molecule has 156 valence electrons. The zero-order chi connectivity index (χ0) is 22.4. The Morgan fingerprint density at radius 3 is 2.52 bits per heavy atom. The number of carbonyl (C=O) groups is 1. The minimum absolute atomic E-state index is 0.0258. The number of nitrogens with one attached hydrogen (secondary N) is 1. The molecule has 0 atom stereocenters. The van der Waals surface area contributed by atoms with Crippen LogP contribution in [0.5, 0.6) is 5.75 Å². The monoisotopic (exact) mass is 414 g/mol. The summed E-state index contributed by atoms with van der Waals surface area (Å²) in [5, 5.41) is 12.2. The predicted molar refractivity (Wildman–Crippen MR) is 120 cm³/mol. The van der Waals surface area contributed by atoms with Crippen molar-refractivity contribution in [2.24, 2.45) is 0 Å². The van der Waals surface area contributed by atoms with Crippen molar-refractivity contribution in [1.29, 1.82) is 5.26 Å². The largest absolute Gasteiger partial charge is 0.496 e. The molecule has 0 fully saturated rings. The van der Waals surface area contributed by atoms with Crippen molar-refractivity contribution in [3.63, 3.8) is 0 Å². The summed E-state index contributed by atoms with van der Waals surface area (Å²) in [6, 6.07) is 19.4. The standard InChI is InChI=1S/C26H23FN2O2/c1-17-8-11-23(12-18(17)2)29-26(30)22(16-28)13-19-9-10-21(25(14-19)31-3)15-20-6-4-5-7-24(20)27/h4-14H,15H2,1-3H3,(H,29,30)/b22-13+. The van der Waals surface area contributed by atoms with Crippen molar-refractivity contribution in [1.82, 2.24) is 0 Å². The summed E-state index contributed by atoms with van der Waals surface area (Å²) in [5.74, 6) is -0.202. The van der Waals surface area contributed by atoms with Crippen LogP contribution in [-0.4, -0.2) is 13.0 Å². The summed E-state index contributed by atoms with van der Waals surface area (Å²) in [6.07, 6.45) is 1.88. The molecule has 1 amide bonds. The maximum Gasteiger partial charge on any atom is 0.266 e. The molecule has 5 heteroatoms. The van der Waals surface area contributed by atoms with Crippen molar-refractivity contribution in [3.05, 3.63) is 99.9 Å². The first-order valence-corrected chi connectivity index (χ1v) is 9.82. The van der Waals surface area contributed by atoms with Crippen LogP contribution in [-0.2, 0) is 11.2 Å². The third kappa shape index (κ3) is 5.37. The minimum Gasteiger partial charge on any atom is -0.496 e. The lowest BCUT2D eigenvalue weighted by Crippen LogP contribution is -2.13. The Hall–Kier alpha value is -3.91. The van der Waals surface area contributed by atoms with Gasteiger partial charge in [0.05, 0.1) is 7.11 Å². The SMILES string of the molecule is COc1cc(/C=C(\C#N)C(=O)Nc2ccc(C)c(C)c2)ccc1Cc1ccccc1F. The van der Waals surface area contributed by atoms with E-state index < -0.39 is 5.91 Å². The highest BCUT2D eigenvalue weighted by molar-refractivity contribution is 6.09. The molecule has 0 radical (unpaired) electrons. The van der Waals surface area contributed by atoms with Crippen LogP contribution in [0.1, 0.15) is 27.8 Å². The fraction of sp³-hybridized carbons (Fsp3) is 0.154. The zero-order valence-electron chi connectivity index (χ0n) is 17.7. The smallest absolute Gasteiger partial charge is 0.266 e. The first-order chi connectivity index (χ1) is 14.9. The van der Waals surface area contributed by atoms with E-state index in [2.05, 4.69) is 5.32 Å². The molecule has 0 aliphatic carbocycles. The summed E-state index contributed by atoms with van der Waals surface area (Å²) >= 11 is 0. The van der Waals surface area contributed by atoms with E-state index in [0.717, 1.165) is 16.7 Å². The molecule has 1 N–H and O–H groups in total. The van der Waals surface area contributed by atoms with Gasteiger partial charge >= 0.3 is 0 Å². The number of amides is 1. The van der Waals surface area contributed by atoms with Crippen LogP contribution in [0, 0.1) is 31.0 Å². The van der Waals surface area contributed by atoms with E-state index in [1.807, 2.05) is 38.1 Å². The number of carbonyl (C=O) groups excluding carboxylic acids is 1. The van der Waals surface area contributed by atoms with Crippen molar-refractivity contribution < 1.29 is 13.9 Å². The Morgan fingerprint density at radius 2 is 1.84 bits per heavy atom. The zero-order valence-corrected chi connectivity index (χ0v) is 17.7. The highest BCUT2D eigenvalue weighted by Crippen LogP contribution is 2.25. The molecule has 0 aromatic heterocycles. The average Bonchev–Trinajstić information content (AvgIpc) is 2.76. The third-order valence-corrected chi connectivity index (χ3v) is 5.09. The van der Waals surface area contributed by atoms with Crippen LogP contribution in [0.2, 0.25) is 0 Å². The van der Waals surface area contributed by atoms with E-state index in [9.17, 15) is 14.4 Å². The number of methoxy groups -OCH3 is 1. The highest BCUT2D eigenvalue weighted by Gasteiger charge is 2.12. The van der Waals surface area contributed by atoms with Gasteiger partial charge in [-0.1, -0.05) is 36.4 Å². The number of halogens is 1. The quantitative estimate of drug-likeness (QED) is 0.423. The van der Waals surface area contributed by atoms with Gasteiger partial charge in [-0.3, -0.25) is 4.79 Å². The number of nitrogens with zero attached hydrogens (tertiary/aromatic N) is 1. The van der Waals surface area contributed by atoms with Crippen LogP contribution in [0.15, 0.2) is 66.2 Å². The van der Waals surface area contributed by atoms with E-state index >= 15 is 0 Å². The molecule has 0 saturated heterocycles. The topological polar surface area (TPSA) is 62.1 Å². The van der Waals surface area contributed by atoms with Gasteiger partial charge in [0, 0.05) is 12.1 Å². The van der Waals surface area contributed by atoms with Crippen LogP contribution in [0.25, 0.3) is 6.08 Å². The maximum absolute atomic E-state index is 14.0. The maximum atomic E-state index is 14.0. The van der Waals surface area contributed by atoms with Crippen LogP contribution >= 0.6 is 0 Å². The number of hydrogen-bond acceptors (Lipinski definition) is 3. The van der Waals surface area contributed by atoms with Crippen LogP contribution in [0.3, 0.4) is 0 Å². The molecular weight excluding hydrogens is 391 g/mol.